The summed E-state index contributed by atoms with van der Waals surface area (Å²) in [6, 6.07) is 12.6. The van der Waals surface area contributed by atoms with Gasteiger partial charge >= 0.3 is 0 Å². The van der Waals surface area contributed by atoms with E-state index in [2.05, 4.69) is 31.2 Å². The van der Waals surface area contributed by atoms with E-state index in [1.807, 2.05) is 12.1 Å². The monoisotopic (exact) mass is 234 g/mol. The number of benzene rings is 2. The smallest absolute Gasteiger partial charge is 0.119 e. The van der Waals surface area contributed by atoms with Crippen LogP contribution in [0.3, 0.4) is 0 Å². The third kappa shape index (κ3) is 2.14. The average molecular weight is 235 g/mol. The topological polar surface area (TPSA) is 9.23 Å². The number of hydrogen-bond acceptors (Lipinski definition) is 1. The van der Waals surface area contributed by atoms with Crippen molar-refractivity contribution in [3.05, 3.63) is 42.0 Å². The molecule has 0 spiro atoms. The molecule has 0 fully saturated rings. The molecule has 0 amide bonds. The van der Waals surface area contributed by atoms with E-state index < -0.39 is 0 Å². The Morgan fingerprint density at radius 2 is 1.81 bits per heavy atom. The maximum Gasteiger partial charge on any atom is 0.119 e. The number of rotatable bonds is 3. The normalized spacial score (nSPS) is 12.7. The van der Waals surface area contributed by atoms with E-state index in [4.69, 9.17) is 16.3 Å². The van der Waals surface area contributed by atoms with Crippen molar-refractivity contribution in [3.63, 3.8) is 0 Å². The lowest BCUT2D eigenvalue weighted by Crippen LogP contribution is -1.94. The minimum Gasteiger partial charge on any atom is -0.497 e. The maximum absolute atomic E-state index is 5.87. The second-order valence-corrected chi connectivity index (χ2v) is 4.34. The Morgan fingerprint density at radius 3 is 2.50 bits per heavy atom. The standard InChI is InChI=1S/C14H15ClO/c1-10(9-15)11-3-4-13-8-14(16-2)6-5-12(13)7-11/h3-8,10H,9H2,1-2H3. The van der Waals surface area contributed by atoms with E-state index in [-0.39, 0.29) is 0 Å². The van der Waals surface area contributed by atoms with E-state index >= 15 is 0 Å². The van der Waals surface area contributed by atoms with Crippen molar-refractivity contribution >= 4 is 22.4 Å². The number of methoxy groups -OCH3 is 1. The van der Waals surface area contributed by atoms with Crippen LogP contribution in [0.5, 0.6) is 5.75 Å². The highest BCUT2D eigenvalue weighted by molar-refractivity contribution is 6.18. The lowest BCUT2D eigenvalue weighted by atomic mass is 9.99. The van der Waals surface area contributed by atoms with Crippen molar-refractivity contribution < 1.29 is 4.74 Å². The summed E-state index contributed by atoms with van der Waals surface area (Å²) in [6.07, 6.45) is 0. The van der Waals surface area contributed by atoms with Crippen LogP contribution in [-0.2, 0) is 0 Å². The molecule has 2 aromatic carbocycles. The summed E-state index contributed by atoms with van der Waals surface area (Å²) in [6.45, 7) is 2.14. The van der Waals surface area contributed by atoms with E-state index in [9.17, 15) is 0 Å². The van der Waals surface area contributed by atoms with Gasteiger partial charge in [0.15, 0.2) is 0 Å². The highest BCUT2D eigenvalue weighted by Gasteiger charge is 2.05. The number of hydrogen-bond donors (Lipinski definition) is 0. The summed E-state index contributed by atoms with van der Waals surface area (Å²) in [4.78, 5) is 0. The molecule has 0 N–H and O–H groups in total. The van der Waals surface area contributed by atoms with Gasteiger partial charge in [-0.25, -0.2) is 0 Å². The van der Waals surface area contributed by atoms with Gasteiger partial charge in [0.05, 0.1) is 7.11 Å². The molecule has 16 heavy (non-hydrogen) atoms. The molecule has 2 aromatic rings. The molecule has 1 nitrogen and oxygen atoms in total. The van der Waals surface area contributed by atoms with Crippen LogP contribution in [0.15, 0.2) is 36.4 Å². The number of fused-ring (bicyclic) bond motifs is 1. The van der Waals surface area contributed by atoms with Gasteiger partial charge in [-0.3, -0.25) is 0 Å². The Balaban J connectivity index is 2.47. The molecule has 0 bridgehead atoms. The molecule has 0 heterocycles. The van der Waals surface area contributed by atoms with Gasteiger partial charge in [-0.15, -0.1) is 11.6 Å². The third-order valence-corrected chi connectivity index (χ3v) is 3.33. The van der Waals surface area contributed by atoms with Crippen LogP contribution in [0.1, 0.15) is 18.4 Å². The fraction of sp³-hybridized carbons (Fsp3) is 0.286. The van der Waals surface area contributed by atoms with Gasteiger partial charge in [-0.2, -0.15) is 0 Å². The molecule has 84 valence electrons. The molecule has 0 aliphatic carbocycles. The molecular weight excluding hydrogens is 220 g/mol. The molecule has 2 rings (SSSR count). The molecule has 1 unspecified atom stereocenters. The SMILES string of the molecule is COc1ccc2cc(C(C)CCl)ccc2c1. The fourth-order valence-corrected chi connectivity index (χ4v) is 1.94. The zero-order chi connectivity index (χ0) is 11.5. The Kier molecular flexibility index (Phi) is 3.35. The van der Waals surface area contributed by atoms with Crippen molar-refractivity contribution in [2.75, 3.05) is 13.0 Å². The zero-order valence-corrected chi connectivity index (χ0v) is 10.3. The fourth-order valence-electron chi connectivity index (χ4n) is 1.76. The molecule has 0 aliphatic rings. The van der Waals surface area contributed by atoms with Gasteiger partial charge in [0.2, 0.25) is 0 Å². The number of alkyl halides is 1. The first-order valence-electron chi connectivity index (χ1n) is 5.38. The van der Waals surface area contributed by atoms with Crippen molar-refractivity contribution in [1.82, 2.24) is 0 Å². The van der Waals surface area contributed by atoms with Crippen LogP contribution >= 0.6 is 11.6 Å². The van der Waals surface area contributed by atoms with Gasteiger partial charge in [-0.1, -0.05) is 31.2 Å². The molecule has 0 radical (unpaired) electrons. The Labute approximate surface area is 101 Å². The molecule has 2 heteroatoms. The lowest BCUT2D eigenvalue weighted by molar-refractivity contribution is 0.415. The average Bonchev–Trinajstić information content (AvgIpc) is 2.36. The largest absolute Gasteiger partial charge is 0.497 e. The molecule has 0 aromatic heterocycles. The van der Waals surface area contributed by atoms with Crippen molar-refractivity contribution in [2.45, 2.75) is 12.8 Å². The molecular formula is C14H15ClO. The predicted molar refractivity (Wildman–Crippen MR) is 69.6 cm³/mol. The molecule has 0 saturated heterocycles. The maximum atomic E-state index is 5.87. The molecule has 0 saturated carbocycles. The second kappa shape index (κ2) is 4.75. The van der Waals surface area contributed by atoms with Gasteiger partial charge in [0.1, 0.15) is 5.75 Å². The lowest BCUT2D eigenvalue weighted by Gasteiger charge is -2.09. The first-order valence-corrected chi connectivity index (χ1v) is 5.91. The minimum absolute atomic E-state index is 0.396. The van der Waals surface area contributed by atoms with Crippen LogP contribution in [0.2, 0.25) is 0 Å². The van der Waals surface area contributed by atoms with Gasteiger partial charge in [-0.05, 0) is 34.4 Å². The predicted octanol–water partition coefficient (Wildman–Crippen LogP) is 4.19. The Hall–Kier alpha value is -1.21. The van der Waals surface area contributed by atoms with Gasteiger partial charge in [0, 0.05) is 5.88 Å². The molecule has 0 aliphatic heterocycles. The van der Waals surface area contributed by atoms with E-state index in [0.717, 1.165) is 5.75 Å². The van der Waals surface area contributed by atoms with Gasteiger partial charge < -0.3 is 4.74 Å². The summed E-state index contributed by atoms with van der Waals surface area (Å²) in [5.41, 5.74) is 1.28. The Bertz CT molecular complexity index is 493. The zero-order valence-electron chi connectivity index (χ0n) is 9.53. The highest BCUT2D eigenvalue weighted by Crippen LogP contribution is 2.25. The minimum atomic E-state index is 0.396. The van der Waals surface area contributed by atoms with E-state index in [1.165, 1.54) is 16.3 Å². The van der Waals surface area contributed by atoms with E-state index in [0.29, 0.717) is 11.8 Å². The highest BCUT2D eigenvalue weighted by atomic mass is 35.5. The van der Waals surface area contributed by atoms with Crippen LogP contribution in [0.25, 0.3) is 10.8 Å². The van der Waals surface area contributed by atoms with Crippen molar-refractivity contribution in [1.29, 1.82) is 0 Å². The van der Waals surface area contributed by atoms with E-state index in [1.54, 1.807) is 7.11 Å². The van der Waals surface area contributed by atoms with Crippen molar-refractivity contribution in [3.8, 4) is 5.75 Å². The summed E-state index contributed by atoms with van der Waals surface area (Å²) in [5, 5.41) is 2.43. The van der Waals surface area contributed by atoms with Crippen LogP contribution in [0, 0.1) is 0 Å². The van der Waals surface area contributed by atoms with Crippen LogP contribution < -0.4 is 4.74 Å². The van der Waals surface area contributed by atoms with Crippen LogP contribution in [-0.4, -0.2) is 13.0 Å². The summed E-state index contributed by atoms with van der Waals surface area (Å²) in [7, 11) is 1.69. The van der Waals surface area contributed by atoms with Crippen LogP contribution in [0.4, 0.5) is 0 Å². The quantitative estimate of drug-likeness (QED) is 0.724. The first-order chi connectivity index (χ1) is 7.74. The molecule has 1 atom stereocenters. The Morgan fingerprint density at radius 1 is 1.12 bits per heavy atom. The summed E-state index contributed by atoms with van der Waals surface area (Å²) >= 11 is 5.87. The summed E-state index contributed by atoms with van der Waals surface area (Å²) < 4.78 is 5.20. The first kappa shape index (κ1) is 11.3. The number of halogens is 1. The summed E-state index contributed by atoms with van der Waals surface area (Å²) in [5.74, 6) is 1.94. The number of ether oxygens (including phenoxy) is 1. The van der Waals surface area contributed by atoms with Gasteiger partial charge in [0.25, 0.3) is 0 Å². The van der Waals surface area contributed by atoms with Crippen molar-refractivity contribution in [2.24, 2.45) is 0 Å². The third-order valence-electron chi connectivity index (χ3n) is 2.87. The second-order valence-electron chi connectivity index (χ2n) is 4.03.